The number of carbonyl (C=O) groups excluding carboxylic acids is 1. The first-order valence-corrected chi connectivity index (χ1v) is 5.08. The van der Waals surface area contributed by atoms with Crippen LogP contribution >= 0.6 is 11.8 Å². The Hall–Kier alpha value is -1.21. The number of nitrogens with one attached hydrogen (secondary N) is 1. The van der Waals surface area contributed by atoms with Gasteiger partial charge in [-0.2, -0.15) is 13.2 Å². The minimum absolute atomic E-state index is 0.0585. The van der Waals surface area contributed by atoms with Gasteiger partial charge in [-0.15, -0.1) is 0 Å². The van der Waals surface area contributed by atoms with Crippen LogP contribution in [0.3, 0.4) is 0 Å². The molecule has 0 radical (unpaired) electrons. The predicted octanol–water partition coefficient (Wildman–Crippen LogP) is 2.20. The summed E-state index contributed by atoms with van der Waals surface area (Å²) >= 11 is -0.276. The van der Waals surface area contributed by atoms with Crippen LogP contribution in [0, 0.1) is 0 Å². The predicted molar refractivity (Wildman–Crippen MR) is 56.0 cm³/mol. The average Bonchev–Trinajstić information content (AvgIpc) is 2.18. The molecule has 0 spiro atoms. The van der Waals surface area contributed by atoms with Gasteiger partial charge in [0.05, 0.1) is 12.2 Å². The summed E-state index contributed by atoms with van der Waals surface area (Å²) in [6.45, 7) is -0.273. The summed E-state index contributed by atoms with van der Waals surface area (Å²) in [5, 5.41) is 2.30. The second kappa shape index (κ2) is 5.22. The Labute approximate surface area is 94.2 Å². The van der Waals surface area contributed by atoms with E-state index >= 15 is 0 Å². The topological polar surface area (TPSA) is 55.1 Å². The maximum Gasteiger partial charge on any atom is 0.446 e. The zero-order valence-corrected chi connectivity index (χ0v) is 8.86. The second-order valence-electron chi connectivity index (χ2n) is 2.80. The van der Waals surface area contributed by atoms with Crippen molar-refractivity contribution in [1.29, 1.82) is 0 Å². The molecule has 1 amide bonds. The van der Waals surface area contributed by atoms with E-state index in [4.69, 9.17) is 5.73 Å². The van der Waals surface area contributed by atoms with Crippen molar-refractivity contribution in [2.45, 2.75) is 10.4 Å². The van der Waals surface area contributed by atoms with Gasteiger partial charge in [-0.3, -0.25) is 4.79 Å². The normalized spacial score (nSPS) is 11.2. The number of amides is 1. The second-order valence-corrected chi connectivity index (χ2v) is 3.90. The Kier molecular flexibility index (Phi) is 4.19. The minimum atomic E-state index is -4.39. The lowest BCUT2D eigenvalue weighted by Crippen LogP contribution is -2.22. The Morgan fingerprint density at radius 2 is 2.00 bits per heavy atom. The van der Waals surface area contributed by atoms with E-state index in [9.17, 15) is 18.0 Å². The standard InChI is InChI=1S/C9H9F3N2OS/c10-9(11,12)16-7-4-2-1-3-6(7)14-8(15)5-13/h1-4H,5,13H2,(H,14,15). The number of nitrogens with two attached hydrogens (primary N) is 1. The Morgan fingerprint density at radius 3 is 2.56 bits per heavy atom. The van der Waals surface area contributed by atoms with Gasteiger partial charge in [0.15, 0.2) is 0 Å². The van der Waals surface area contributed by atoms with Gasteiger partial charge in [0, 0.05) is 4.90 Å². The van der Waals surface area contributed by atoms with E-state index in [0.717, 1.165) is 0 Å². The molecule has 1 aromatic rings. The van der Waals surface area contributed by atoms with Crippen LogP contribution in [0.4, 0.5) is 18.9 Å². The van der Waals surface area contributed by atoms with Crippen molar-refractivity contribution in [3.8, 4) is 0 Å². The fourth-order valence-electron chi connectivity index (χ4n) is 0.985. The van der Waals surface area contributed by atoms with E-state index in [1.165, 1.54) is 24.3 Å². The molecule has 0 fully saturated rings. The Balaban J connectivity index is 2.87. The molecular weight excluding hydrogens is 241 g/mol. The molecule has 0 heterocycles. The summed E-state index contributed by atoms with van der Waals surface area (Å²) in [5.41, 5.74) is 0.782. The van der Waals surface area contributed by atoms with Gasteiger partial charge >= 0.3 is 5.51 Å². The first-order valence-electron chi connectivity index (χ1n) is 4.27. The fourth-order valence-corrected chi connectivity index (χ4v) is 1.61. The third kappa shape index (κ3) is 4.11. The number of benzene rings is 1. The van der Waals surface area contributed by atoms with Crippen LogP contribution in [0.5, 0.6) is 0 Å². The lowest BCUT2D eigenvalue weighted by Gasteiger charge is -2.11. The number of hydrogen-bond acceptors (Lipinski definition) is 3. The van der Waals surface area contributed by atoms with Crippen molar-refractivity contribution in [2.24, 2.45) is 5.73 Å². The van der Waals surface area contributed by atoms with Crippen LogP contribution in [0.2, 0.25) is 0 Å². The van der Waals surface area contributed by atoms with Crippen LogP contribution in [-0.4, -0.2) is 18.0 Å². The van der Waals surface area contributed by atoms with Crippen molar-refractivity contribution in [3.05, 3.63) is 24.3 Å². The van der Waals surface area contributed by atoms with E-state index in [1.54, 1.807) is 0 Å². The van der Waals surface area contributed by atoms with Gasteiger partial charge in [0.25, 0.3) is 0 Å². The Morgan fingerprint density at radius 1 is 1.38 bits per heavy atom. The SMILES string of the molecule is NCC(=O)Nc1ccccc1SC(F)(F)F. The quantitative estimate of drug-likeness (QED) is 0.808. The van der Waals surface area contributed by atoms with Crippen molar-refractivity contribution in [1.82, 2.24) is 0 Å². The smallest absolute Gasteiger partial charge is 0.324 e. The number of para-hydroxylation sites is 1. The summed E-state index contributed by atoms with van der Waals surface area (Å²) in [6, 6.07) is 5.67. The lowest BCUT2D eigenvalue weighted by atomic mass is 10.3. The van der Waals surface area contributed by atoms with Crippen LogP contribution in [0.15, 0.2) is 29.2 Å². The largest absolute Gasteiger partial charge is 0.446 e. The molecule has 0 atom stereocenters. The average molecular weight is 250 g/mol. The number of hydrogen-bond donors (Lipinski definition) is 2. The molecule has 0 aliphatic heterocycles. The highest BCUT2D eigenvalue weighted by molar-refractivity contribution is 8.00. The van der Waals surface area contributed by atoms with Crippen LogP contribution in [-0.2, 0) is 4.79 Å². The highest BCUT2D eigenvalue weighted by Gasteiger charge is 2.30. The molecule has 0 saturated carbocycles. The maximum absolute atomic E-state index is 12.2. The molecule has 3 nitrogen and oxygen atoms in total. The number of halogens is 3. The van der Waals surface area contributed by atoms with Gasteiger partial charge in [-0.1, -0.05) is 12.1 Å². The van der Waals surface area contributed by atoms with Crippen molar-refractivity contribution >= 4 is 23.4 Å². The first-order chi connectivity index (χ1) is 7.42. The Bertz CT molecular complexity index is 381. The first kappa shape index (κ1) is 12.9. The molecule has 0 bridgehead atoms. The summed E-state index contributed by atoms with van der Waals surface area (Å²) in [5.74, 6) is -0.532. The van der Waals surface area contributed by atoms with Gasteiger partial charge in [0.2, 0.25) is 5.91 Å². The highest BCUT2D eigenvalue weighted by atomic mass is 32.2. The fraction of sp³-hybridized carbons (Fsp3) is 0.222. The van der Waals surface area contributed by atoms with Crippen LogP contribution < -0.4 is 11.1 Å². The number of alkyl halides is 3. The molecule has 0 saturated heterocycles. The molecule has 0 aliphatic rings. The van der Waals surface area contributed by atoms with Crippen LogP contribution in [0.1, 0.15) is 0 Å². The molecule has 88 valence electrons. The van der Waals surface area contributed by atoms with E-state index in [0.29, 0.717) is 0 Å². The van der Waals surface area contributed by atoms with E-state index < -0.39 is 11.4 Å². The monoisotopic (exact) mass is 250 g/mol. The number of anilines is 1. The third-order valence-corrected chi connectivity index (χ3v) is 2.38. The lowest BCUT2D eigenvalue weighted by molar-refractivity contribution is -0.114. The molecule has 16 heavy (non-hydrogen) atoms. The van der Waals surface area contributed by atoms with E-state index in [2.05, 4.69) is 5.32 Å². The molecule has 1 aromatic carbocycles. The number of rotatable bonds is 3. The molecule has 3 N–H and O–H groups in total. The van der Waals surface area contributed by atoms with Gasteiger partial charge in [-0.25, -0.2) is 0 Å². The van der Waals surface area contributed by atoms with E-state index in [-0.39, 0.29) is 28.9 Å². The summed E-state index contributed by atoms with van der Waals surface area (Å²) in [7, 11) is 0. The van der Waals surface area contributed by atoms with Gasteiger partial charge < -0.3 is 11.1 Å². The summed E-state index contributed by atoms with van der Waals surface area (Å²) in [4.78, 5) is 10.9. The van der Waals surface area contributed by atoms with Gasteiger partial charge in [0.1, 0.15) is 0 Å². The van der Waals surface area contributed by atoms with Crippen LogP contribution in [0.25, 0.3) is 0 Å². The zero-order valence-electron chi connectivity index (χ0n) is 8.04. The molecule has 0 unspecified atom stereocenters. The number of thioether (sulfide) groups is 1. The molecule has 1 rings (SSSR count). The minimum Gasteiger partial charge on any atom is -0.324 e. The van der Waals surface area contributed by atoms with Crippen molar-refractivity contribution in [3.63, 3.8) is 0 Å². The molecule has 7 heteroatoms. The summed E-state index contributed by atoms with van der Waals surface area (Å²) in [6.07, 6.45) is 0. The molecule has 0 aliphatic carbocycles. The maximum atomic E-state index is 12.2. The number of carbonyl (C=O) groups is 1. The molecular formula is C9H9F3N2OS. The molecule has 0 aromatic heterocycles. The highest BCUT2D eigenvalue weighted by Crippen LogP contribution is 2.40. The van der Waals surface area contributed by atoms with E-state index in [1.807, 2.05) is 0 Å². The summed E-state index contributed by atoms with van der Waals surface area (Å²) < 4.78 is 36.5. The van der Waals surface area contributed by atoms with Crippen molar-refractivity contribution in [2.75, 3.05) is 11.9 Å². The van der Waals surface area contributed by atoms with Gasteiger partial charge in [-0.05, 0) is 23.9 Å². The zero-order chi connectivity index (χ0) is 12.2. The van der Waals surface area contributed by atoms with Crippen molar-refractivity contribution < 1.29 is 18.0 Å². The third-order valence-electron chi connectivity index (χ3n) is 1.57.